The van der Waals surface area contributed by atoms with Crippen LogP contribution < -0.4 is 5.32 Å². The Labute approximate surface area is 113 Å². The van der Waals surface area contributed by atoms with E-state index in [1.165, 1.54) is 0 Å². The maximum atomic E-state index is 11.9. The zero-order chi connectivity index (χ0) is 13.7. The molecule has 1 N–H and O–H groups in total. The normalized spacial score (nSPS) is 17.5. The van der Waals surface area contributed by atoms with E-state index in [4.69, 9.17) is 4.74 Å². The molecule has 1 aliphatic heterocycles. The van der Waals surface area contributed by atoms with E-state index in [0.29, 0.717) is 32.8 Å². The Kier molecular flexibility index (Phi) is 4.93. The molecule has 1 amide bonds. The Bertz CT molecular complexity index is 413. The van der Waals surface area contributed by atoms with Crippen LogP contribution in [0.2, 0.25) is 0 Å². The van der Waals surface area contributed by atoms with Crippen molar-refractivity contribution >= 4 is 5.91 Å². The first-order valence-corrected chi connectivity index (χ1v) is 6.73. The number of carbonyl (C=O) groups is 1. The third-order valence-corrected chi connectivity index (χ3v) is 3.19. The van der Waals surface area contributed by atoms with Crippen LogP contribution in [-0.2, 0) is 16.1 Å². The first kappa shape index (κ1) is 14.0. The highest BCUT2D eigenvalue weighted by Crippen LogP contribution is 1.98. The standard InChI is InChI=1S/C13H22N4O2/c1-11-7-15-17(9-11)10-12(2)14-8-13(18)16-3-5-19-6-4-16/h7,9,12,14H,3-6,8,10H2,1-2H3/t12-/m0/s1. The summed E-state index contributed by atoms with van der Waals surface area (Å²) in [5.41, 5.74) is 1.15. The van der Waals surface area contributed by atoms with Crippen molar-refractivity contribution in [1.29, 1.82) is 0 Å². The highest BCUT2D eigenvalue weighted by Gasteiger charge is 2.17. The molecule has 2 heterocycles. The Morgan fingerprint density at radius 3 is 2.89 bits per heavy atom. The number of aromatic nitrogens is 2. The van der Waals surface area contributed by atoms with Gasteiger partial charge in [-0.1, -0.05) is 0 Å². The summed E-state index contributed by atoms with van der Waals surface area (Å²) in [6.07, 6.45) is 3.84. The molecule has 0 radical (unpaired) electrons. The van der Waals surface area contributed by atoms with Crippen molar-refractivity contribution in [2.24, 2.45) is 0 Å². The third kappa shape index (κ3) is 4.33. The summed E-state index contributed by atoms with van der Waals surface area (Å²) < 4.78 is 7.13. The van der Waals surface area contributed by atoms with Gasteiger partial charge in [0.05, 0.1) is 32.5 Å². The van der Waals surface area contributed by atoms with Crippen LogP contribution in [0.1, 0.15) is 12.5 Å². The number of amides is 1. The smallest absolute Gasteiger partial charge is 0.236 e. The molecular weight excluding hydrogens is 244 g/mol. The second-order valence-electron chi connectivity index (χ2n) is 5.01. The summed E-state index contributed by atoms with van der Waals surface area (Å²) in [5.74, 6) is 0.145. The molecular formula is C13H22N4O2. The minimum absolute atomic E-state index is 0.145. The Hall–Kier alpha value is -1.40. The predicted molar refractivity (Wildman–Crippen MR) is 71.8 cm³/mol. The van der Waals surface area contributed by atoms with Crippen molar-refractivity contribution in [2.75, 3.05) is 32.8 Å². The second-order valence-corrected chi connectivity index (χ2v) is 5.01. The van der Waals surface area contributed by atoms with Gasteiger partial charge in [0.2, 0.25) is 5.91 Å². The maximum absolute atomic E-state index is 11.9. The van der Waals surface area contributed by atoms with Gasteiger partial charge in [-0.2, -0.15) is 5.10 Å². The Balaban J connectivity index is 1.70. The highest BCUT2D eigenvalue weighted by atomic mass is 16.5. The van der Waals surface area contributed by atoms with E-state index in [2.05, 4.69) is 17.3 Å². The lowest BCUT2D eigenvalue weighted by molar-refractivity contribution is -0.134. The van der Waals surface area contributed by atoms with E-state index in [0.717, 1.165) is 12.1 Å². The number of ether oxygens (including phenoxy) is 1. The minimum atomic E-state index is 0.145. The van der Waals surface area contributed by atoms with Gasteiger partial charge in [-0.25, -0.2) is 0 Å². The third-order valence-electron chi connectivity index (χ3n) is 3.19. The molecule has 6 heteroatoms. The Morgan fingerprint density at radius 1 is 1.53 bits per heavy atom. The zero-order valence-corrected chi connectivity index (χ0v) is 11.6. The van der Waals surface area contributed by atoms with Gasteiger partial charge in [0.1, 0.15) is 0 Å². The molecule has 0 saturated carbocycles. The molecule has 1 aromatic rings. The Morgan fingerprint density at radius 2 is 2.26 bits per heavy atom. The number of carbonyl (C=O) groups excluding carboxylic acids is 1. The van der Waals surface area contributed by atoms with Crippen LogP contribution >= 0.6 is 0 Å². The molecule has 0 unspecified atom stereocenters. The zero-order valence-electron chi connectivity index (χ0n) is 11.6. The molecule has 2 rings (SSSR count). The molecule has 0 aromatic carbocycles. The molecule has 0 spiro atoms. The van der Waals surface area contributed by atoms with Crippen LogP contribution in [0.3, 0.4) is 0 Å². The van der Waals surface area contributed by atoms with Gasteiger partial charge in [0.15, 0.2) is 0 Å². The van der Waals surface area contributed by atoms with E-state index in [1.807, 2.05) is 28.9 Å². The molecule has 0 bridgehead atoms. The lowest BCUT2D eigenvalue weighted by atomic mass is 10.3. The maximum Gasteiger partial charge on any atom is 0.236 e. The minimum Gasteiger partial charge on any atom is -0.378 e. The first-order chi connectivity index (χ1) is 9.15. The molecule has 1 aromatic heterocycles. The van der Waals surface area contributed by atoms with Crippen molar-refractivity contribution in [2.45, 2.75) is 26.4 Å². The van der Waals surface area contributed by atoms with E-state index >= 15 is 0 Å². The summed E-state index contributed by atoms with van der Waals surface area (Å²) in [6.45, 7) is 7.92. The number of nitrogens with zero attached hydrogens (tertiary/aromatic N) is 3. The van der Waals surface area contributed by atoms with Crippen LogP contribution in [0.4, 0.5) is 0 Å². The summed E-state index contributed by atoms with van der Waals surface area (Å²) in [5, 5.41) is 7.48. The van der Waals surface area contributed by atoms with Crippen molar-refractivity contribution < 1.29 is 9.53 Å². The topological polar surface area (TPSA) is 59.4 Å². The van der Waals surface area contributed by atoms with Crippen LogP contribution in [0.25, 0.3) is 0 Å². The van der Waals surface area contributed by atoms with Crippen LogP contribution in [0.5, 0.6) is 0 Å². The molecule has 1 aliphatic rings. The van der Waals surface area contributed by atoms with Gasteiger partial charge in [-0.05, 0) is 19.4 Å². The number of hydrogen-bond donors (Lipinski definition) is 1. The molecule has 1 fully saturated rings. The van der Waals surface area contributed by atoms with Gasteiger partial charge in [0.25, 0.3) is 0 Å². The van der Waals surface area contributed by atoms with Gasteiger partial charge in [-0.15, -0.1) is 0 Å². The van der Waals surface area contributed by atoms with Crippen molar-refractivity contribution in [3.8, 4) is 0 Å². The summed E-state index contributed by atoms with van der Waals surface area (Å²) in [4.78, 5) is 13.8. The van der Waals surface area contributed by atoms with E-state index in [-0.39, 0.29) is 11.9 Å². The van der Waals surface area contributed by atoms with E-state index in [9.17, 15) is 4.79 Å². The van der Waals surface area contributed by atoms with Crippen LogP contribution in [-0.4, -0.2) is 59.5 Å². The largest absolute Gasteiger partial charge is 0.378 e. The quantitative estimate of drug-likeness (QED) is 0.817. The van der Waals surface area contributed by atoms with Gasteiger partial charge in [-0.3, -0.25) is 9.48 Å². The average molecular weight is 266 g/mol. The van der Waals surface area contributed by atoms with Crippen LogP contribution in [0, 0.1) is 6.92 Å². The monoisotopic (exact) mass is 266 g/mol. The summed E-state index contributed by atoms with van der Waals surface area (Å²) in [7, 11) is 0. The van der Waals surface area contributed by atoms with E-state index < -0.39 is 0 Å². The molecule has 0 aliphatic carbocycles. The van der Waals surface area contributed by atoms with Gasteiger partial charge in [0, 0.05) is 25.3 Å². The first-order valence-electron chi connectivity index (χ1n) is 6.73. The predicted octanol–water partition coefficient (Wildman–Crippen LogP) is 0.0284. The average Bonchev–Trinajstić information content (AvgIpc) is 2.82. The number of aryl methyl sites for hydroxylation is 1. The number of hydrogen-bond acceptors (Lipinski definition) is 4. The fourth-order valence-electron chi connectivity index (χ4n) is 2.10. The van der Waals surface area contributed by atoms with Gasteiger partial charge >= 0.3 is 0 Å². The molecule has 106 valence electrons. The fourth-order valence-corrected chi connectivity index (χ4v) is 2.10. The molecule has 19 heavy (non-hydrogen) atoms. The second kappa shape index (κ2) is 6.68. The highest BCUT2D eigenvalue weighted by molar-refractivity contribution is 5.78. The van der Waals surface area contributed by atoms with Crippen molar-refractivity contribution in [1.82, 2.24) is 20.0 Å². The lowest BCUT2D eigenvalue weighted by Crippen LogP contribution is -2.46. The molecule has 1 atom stereocenters. The van der Waals surface area contributed by atoms with E-state index in [1.54, 1.807) is 0 Å². The van der Waals surface area contributed by atoms with Crippen LogP contribution in [0.15, 0.2) is 12.4 Å². The number of nitrogens with one attached hydrogen (secondary N) is 1. The molecule has 1 saturated heterocycles. The number of rotatable bonds is 5. The number of morpholine rings is 1. The van der Waals surface area contributed by atoms with Crippen molar-refractivity contribution in [3.05, 3.63) is 18.0 Å². The fraction of sp³-hybridized carbons (Fsp3) is 0.692. The van der Waals surface area contributed by atoms with Crippen molar-refractivity contribution in [3.63, 3.8) is 0 Å². The summed E-state index contributed by atoms with van der Waals surface area (Å²) >= 11 is 0. The summed E-state index contributed by atoms with van der Waals surface area (Å²) in [6, 6.07) is 0.212. The molecule has 6 nitrogen and oxygen atoms in total. The SMILES string of the molecule is Cc1cnn(C[C@H](C)NCC(=O)N2CCOCC2)c1. The lowest BCUT2D eigenvalue weighted by Gasteiger charge is -2.27. The van der Waals surface area contributed by atoms with Gasteiger partial charge < -0.3 is 15.0 Å².